The second kappa shape index (κ2) is 21.5. The molecule has 0 nitrogen and oxygen atoms in total. The van der Waals surface area contributed by atoms with Gasteiger partial charge in [0.1, 0.15) is 0 Å². The SMILES string of the molecule is ClCCl.[Cl-].[Cl-].[Fe+2].[Pd]=[P](c1ccccc1)(c1ccccc1)c1ccc[cH-]1.c1ccc(P(c2ccccc2)c2ccc[cH-]2)cc1. The van der Waals surface area contributed by atoms with Gasteiger partial charge < -0.3 is 24.8 Å². The minimum Gasteiger partial charge on any atom is -0.213 e. The maximum Gasteiger partial charge on any atom is -0.0171 e. The Kier molecular flexibility index (Phi) is 19.9. The molecule has 0 N–H and O–H groups in total. The van der Waals surface area contributed by atoms with Crippen molar-refractivity contribution in [2.24, 2.45) is 0 Å². The number of halogens is 4. The van der Waals surface area contributed by atoms with E-state index in [-0.39, 0.29) is 47.2 Å². The van der Waals surface area contributed by atoms with Gasteiger partial charge in [-0.2, -0.15) is 12.1 Å². The third-order valence-corrected chi connectivity index (χ3v) is 15.1. The summed E-state index contributed by atoms with van der Waals surface area (Å²) < 4.78 is 0. The summed E-state index contributed by atoms with van der Waals surface area (Å²) >= 11 is 13.3. The minimum absolute atomic E-state index is 0. The standard InChI is InChI=1S/2C17H14P.CH2Cl2.2ClH.Fe.Pd/c2*1-3-9-15(10-4-1)18(17-13-7-8-14-17)16-11-5-2-6-12-16;2-1-3;;;;/h2*1-14H;1H2;2*1H;;/q2*-1;;;;+2;/p-2. The first-order valence-electron chi connectivity index (χ1n) is 12.8. The van der Waals surface area contributed by atoms with Crippen molar-refractivity contribution < 1.29 is 60.1 Å². The molecular weight excluding hydrogens is 786 g/mol. The van der Waals surface area contributed by atoms with Crippen molar-refractivity contribution in [2.75, 3.05) is 5.34 Å². The van der Waals surface area contributed by atoms with Crippen LogP contribution in [0, 0.1) is 0 Å². The van der Waals surface area contributed by atoms with Crippen molar-refractivity contribution in [3.8, 4) is 0 Å². The van der Waals surface area contributed by atoms with E-state index < -0.39 is 12.9 Å². The Morgan fingerprint density at radius 1 is 0.535 bits per heavy atom. The van der Waals surface area contributed by atoms with Crippen molar-refractivity contribution in [2.45, 2.75) is 0 Å². The first-order valence-corrected chi connectivity index (χ1v) is 18.9. The van der Waals surface area contributed by atoms with E-state index in [1.165, 1.54) is 31.8 Å². The number of rotatable bonds is 6. The van der Waals surface area contributed by atoms with Gasteiger partial charge >= 0.3 is 141 Å². The molecule has 0 aliphatic heterocycles. The molecule has 6 rings (SSSR count). The van der Waals surface area contributed by atoms with Crippen LogP contribution in [-0.4, -0.2) is 5.34 Å². The molecule has 228 valence electrons. The van der Waals surface area contributed by atoms with E-state index in [0.29, 0.717) is 0 Å². The van der Waals surface area contributed by atoms with Gasteiger partial charge in [-0.05, 0) is 18.5 Å². The molecule has 0 aliphatic rings. The van der Waals surface area contributed by atoms with E-state index in [0.717, 1.165) is 0 Å². The summed E-state index contributed by atoms with van der Waals surface area (Å²) in [4.78, 5) is -1.63. The van der Waals surface area contributed by atoms with Crippen LogP contribution in [0.1, 0.15) is 0 Å². The summed E-state index contributed by atoms with van der Waals surface area (Å²) in [6.07, 6.45) is 0. The summed E-state index contributed by atoms with van der Waals surface area (Å²) in [6, 6.07) is 60.4. The van der Waals surface area contributed by atoms with E-state index in [4.69, 9.17) is 23.2 Å². The maximum absolute atomic E-state index is 4.76. The molecule has 0 spiro atoms. The van der Waals surface area contributed by atoms with Gasteiger partial charge in [0.25, 0.3) is 0 Å². The topological polar surface area (TPSA) is 0 Å². The van der Waals surface area contributed by atoms with Gasteiger partial charge in [-0.15, -0.1) is 28.5 Å². The molecule has 0 saturated carbocycles. The maximum atomic E-state index is 4.76. The third kappa shape index (κ3) is 11.0. The van der Waals surface area contributed by atoms with Gasteiger partial charge in [-0.25, -0.2) is 12.1 Å². The molecule has 6 aromatic rings. The van der Waals surface area contributed by atoms with E-state index in [1.54, 1.807) is 0 Å². The average molecular weight is 817 g/mol. The van der Waals surface area contributed by atoms with Gasteiger partial charge in [-0.1, -0.05) is 60.7 Å². The number of hydrogen-bond donors (Lipinski definition) is 0. The summed E-state index contributed by atoms with van der Waals surface area (Å²) in [5.74, 6) is 0. The minimum atomic E-state index is -1.63. The average Bonchev–Trinajstić information content (AvgIpc) is 3.76. The fourth-order valence-electron chi connectivity index (χ4n) is 4.37. The van der Waals surface area contributed by atoms with Crippen molar-refractivity contribution in [1.82, 2.24) is 0 Å². The van der Waals surface area contributed by atoms with E-state index in [9.17, 15) is 0 Å². The Morgan fingerprint density at radius 2 is 0.907 bits per heavy atom. The molecule has 0 saturated heterocycles. The zero-order valence-electron chi connectivity index (χ0n) is 22.9. The fourth-order valence-corrected chi connectivity index (χ4v) is 11.3. The fraction of sp³-hybridized carbons (Fsp3) is 0.0286. The van der Waals surface area contributed by atoms with Gasteiger partial charge in [0, 0.05) is 0 Å². The molecule has 8 heteroatoms. The normalized spacial score (nSPS) is 9.98. The molecule has 0 unspecified atom stereocenters. The molecule has 0 fully saturated rings. The summed E-state index contributed by atoms with van der Waals surface area (Å²) in [5, 5.41) is 8.55. The van der Waals surface area contributed by atoms with E-state index in [1.807, 2.05) is 0 Å². The van der Waals surface area contributed by atoms with Crippen LogP contribution in [0.5, 0.6) is 0 Å². The third-order valence-electron chi connectivity index (χ3n) is 6.11. The van der Waals surface area contributed by atoms with Gasteiger partial charge in [-0.3, -0.25) is 0 Å². The molecule has 0 atom stereocenters. The molecule has 0 radical (unpaired) electrons. The Labute approximate surface area is 300 Å². The Balaban J connectivity index is 0.000000371. The second-order valence-electron chi connectivity index (χ2n) is 8.61. The number of hydrogen-bond acceptors (Lipinski definition) is 0. The predicted molar refractivity (Wildman–Crippen MR) is 178 cm³/mol. The Hall–Kier alpha value is -1.22. The van der Waals surface area contributed by atoms with Crippen LogP contribution in [-0.2, 0) is 35.3 Å². The quantitative estimate of drug-likeness (QED) is 0.104. The first kappa shape index (κ1) is 39.8. The van der Waals surface area contributed by atoms with Gasteiger partial charge in [0.05, 0.1) is 5.34 Å². The molecule has 0 bridgehead atoms. The van der Waals surface area contributed by atoms with Crippen LogP contribution in [0.4, 0.5) is 0 Å². The van der Waals surface area contributed by atoms with Crippen LogP contribution in [0.25, 0.3) is 0 Å². The van der Waals surface area contributed by atoms with Gasteiger partial charge in [0.2, 0.25) is 0 Å². The van der Waals surface area contributed by atoms with Crippen LogP contribution >= 0.6 is 36.1 Å². The largest absolute Gasteiger partial charge is 0.213 e. The zero-order valence-corrected chi connectivity index (χ0v) is 30.4. The van der Waals surface area contributed by atoms with Crippen molar-refractivity contribution in [3.05, 3.63) is 170 Å². The molecule has 0 heterocycles. The second-order valence-corrected chi connectivity index (χ2v) is 17.4. The van der Waals surface area contributed by atoms with Crippen LogP contribution < -0.4 is 56.6 Å². The van der Waals surface area contributed by atoms with E-state index in [2.05, 4.69) is 188 Å². The van der Waals surface area contributed by atoms with Crippen molar-refractivity contribution in [1.29, 1.82) is 0 Å². The molecule has 0 amide bonds. The first-order chi connectivity index (χ1) is 19.7. The van der Waals surface area contributed by atoms with Crippen LogP contribution in [0.2, 0.25) is 0 Å². The molecule has 43 heavy (non-hydrogen) atoms. The molecule has 0 aromatic heterocycles. The monoisotopic (exact) mass is 814 g/mol. The van der Waals surface area contributed by atoms with E-state index >= 15 is 0 Å². The van der Waals surface area contributed by atoms with Crippen molar-refractivity contribution >= 4 is 67.9 Å². The Bertz CT molecular complexity index is 1470. The molecule has 6 aromatic carbocycles. The van der Waals surface area contributed by atoms with Gasteiger partial charge in [0.15, 0.2) is 0 Å². The Morgan fingerprint density at radius 3 is 1.26 bits per heavy atom. The zero-order chi connectivity index (χ0) is 28.0. The van der Waals surface area contributed by atoms with Crippen molar-refractivity contribution in [3.63, 3.8) is 0 Å². The number of alkyl halides is 2. The summed E-state index contributed by atoms with van der Waals surface area (Å²) in [6.45, 7) is 0. The molecule has 0 aliphatic carbocycles. The summed E-state index contributed by atoms with van der Waals surface area (Å²) in [7, 11) is -0.409. The molecular formula is C35H30Cl4FeP2Pd-2. The van der Waals surface area contributed by atoms with Crippen LogP contribution in [0.15, 0.2) is 170 Å². The number of benzene rings is 4. The summed E-state index contributed by atoms with van der Waals surface area (Å²) in [5.41, 5.74) is 0. The smallest absolute Gasteiger partial charge is 0.0171 e. The van der Waals surface area contributed by atoms with Crippen LogP contribution in [0.3, 0.4) is 0 Å². The predicted octanol–water partition coefficient (Wildman–Crippen LogP) is 1.75.